The van der Waals surface area contributed by atoms with Gasteiger partial charge in [0.25, 0.3) is 0 Å². The summed E-state index contributed by atoms with van der Waals surface area (Å²) in [7, 11) is 2.05. The third kappa shape index (κ3) is 2.32. The number of likely N-dealkylation sites (N-methyl/N-ethyl adjacent to an activating group) is 1. The van der Waals surface area contributed by atoms with E-state index in [2.05, 4.69) is 30.6 Å². The van der Waals surface area contributed by atoms with E-state index in [4.69, 9.17) is 4.74 Å². The normalized spacial score (nSPS) is 24.8. The highest BCUT2D eigenvalue weighted by Gasteiger charge is 2.25. The zero-order chi connectivity index (χ0) is 12.4. The van der Waals surface area contributed by atoms with E-state index in [0.29, 0.717) is 12.1 Å². The van der Waals surface area contributed by atoms with Gasteiger partial charge in [0.1, 0.15) is 0 Å². The molecule has 1 heterocycles. The van der Waals surface area contributed by atoms with Gasteiger partial charge in [-0.25, -0.2) is 0 Å². The topological polar surface area (TPSA) is 21.3 Å². The lowest BCUT2D eigenvalue weighted by Crippen LogP contribution is -2.34. The number of nitrogens with one attached hydrogen (secondary N) is 1. The van der Waals surface area contributed by atoms with Crippen molar-refractivity contribution < 1.29 is 4.74 Å². The van der Waals surface area contributed by atoms with Crippen molar-refractivity contribution in [3.8, 4) is 0 Å². The third-order valence-corrected chi connectivity index (χ3v) is 4.38. The van der Waals surface area contributed by atoms with E-state index in [1.807, 2.05) is 0 Å². The number of hydrogen-bond donors (Lipinski definition) is 1. The summed E-state index contributed by atoms with van der Waals surface area (Å²) in [5, 5.41) is 3.45. The number of hydrogen-bond acceptors (Lipinski definition) is 2. The fraction of sp³-hybridized carbons (Fsp3) is 0.625. The molecule has 0 bridgehead atoms. The highest BCUT2D eigenvalue weighted by Crippen LogP contribution is 2.30. The third-order valence-electron chi connectivity index (χ3n) is 4.38. The van der Waals surface area contributed by atoms with Crippen LogP contribution in [0.15, 0.2) is 18.2 Å². The van der Waals surface area contributed by atoms with Crippen LogP contribution >= 0.6 is 0 Å². The minimum Gasteiger partial charge on any atom is -0.376 e. The predicted octanol–water partition coefficient (Wildman–Crippen LogP) is 3.00. The van der Waals surface area contributed by atoms with Crippen LogP contribution in [-0.4, -0.2) is 19.8 Å². The molecule has 1 saturated heterocycles. The van der Waals surface area contributed by atoms with Crippen LogP contribution < -0.4 is 5.32 Å². The Kier molecular flexibility index (Phi) is 3.67. The van der Waals surface area contributed by atoms with E-state index in [9.17, 15) is 0 Å². The number of benzene rings is 1. The maximum absolute atomic E-state index is 5.94. The van der Waals surface area contributed by atoms with Crippen molar-refractivity contribution in [2.45, 2.75) is 50.7 Å². The van der Waals surface area contributed by atoms with E-state index in [1.54, 1.807) is 11.1 Å². The largest absolute Gasteiger partial charge is 0.376 e. The smallest absolute Gasteiger partial charge is 0.0769 e. The van der Waals surface area contributed by atoms with Crippen LogP contribution in [-0.2, 0) is 17.6 Å². The monoisotopic (exact) mass is 245 g/mol. The Morgan fingerprint density at radius 2 is 2.06 bits per heavy atom. The molecule has 2 nitrogen and oxygen atoms in total. The van der Waals surface area contributed by atoms with Gasteiger partial charge in [0.2, 0.25) is 0 Å². The lowest BCUT2D eigenvalue weighted by Gasteiger charge is -2.31. The molecule has 1 aliphatic heterocycles. The maximum Gasteiger partial charge on any atom is 0.0769 e. The SMILES string of the molecule is CNC(c1ccc2c(c1)CCC2)C1CCCCO1. The summed E-state index contributed by atoms with van der Waals surface area (Å²) in [6, 6.07) is 7.38. The van der Waals surface area contributed by atoms with Crippen LogP contribution in [0.3, 0.4) is 0 Å². The number of rotatable bonds is 3. The fourth-order valence-corrected chi connectivity index (χ4v) is 3.38. The Hall–Kier alpha value is -0.860. The predicted molar refractivity (Wildman–Crippen MR) is 73.9 cm³/mol. The summed E-state index contributed by atoms with van der Waals surface area (Å²) in [6.07, 6.45) is 7.89. The van der Waals surface area contributed by atoms with E-state index in [-0.39, 0.29) is 0 Å². The second-order valence-electron chi connectivity index (χ2n) is 5.55. The van der Waals surface area contributed by atoms with Gasteiger partial charge < -0.3 is 10.1 Å². The molecular formula is C16H23NO. The fourth-order valence-electron chi connectivity index (χ4n) is 3.38. The van der Waals surface area contributed by atoms with Crippen molar-refractivity contribution in [3.05, 3.63) is 34.9 Å². The molecule has 98 valence electrons. The highest BCUT2D eigenvalue weighted by atomic mass is 16.5. The zero-order valence-electron chi connectivity index (χ0n) is 11.2. The van der Waals surface area contributed by atoms with Crippen molar-refractivity contribution in [2.24, 2.45) is 0 Å². The van der Waals surface area contributed by atoms with Gasteiger partial charge in [-0.05, 0) is 62.3 Å². The van der Waals surface area contributed by atoms with Gasteiger partial charge in [0.15, 0.2) is 0 Å². The molecule has 2 atom stereocenters. The lowest BCUT2D eigenvalue weighted by atomic mass is 9.93. The second kappa shape index (κ2) is 5.41. The molecule has 1 aliphatic carbocycles. The molecule has 0 radical (unpaired) electrons. The molecule has 0 aromatic heterocycles. The molecule has 0 amide bonds. The van der Waals surface area contributed by atoms with Gasteiger partial charge in [-0.3, -0.25) is 0 Å². The van der Waals surface area contributed by atoms with E-state index in [1.165, 1.54) is 44.1 Å². The molecule has 1 aromatic carbocycles. The van der Waals surface area contributed by atoms with Crippen LogP contribution in [0.4, 0.5) is 0 Å². The number of ether oxygens (including phenoxy) is 1. The van der Waals surface area contributed by atoms with Crippen LogP contribution in [0, 0.1) is 0 Å². The minimum absolute atomic E-state index is 0.350. The first-order chi connectivity index (χ1) is 8.88. The minimum atomic E-state index is 0.350. The molecular weight excluding hydrogens is 222 g/mol. The Balaban J connectivity index is 1.82. The molecule has 1 aromatic rings. The summed E-state index contributed by atoms with van der Waals surface area (Å²) in [5.41, 5.74) is 4.52. The van der Waals surface area contributed by atoms with Crippen molar-refractivity contribution in [1.82, 2.24) is 5.32 Å². The van der Waals surface area contributed by atoms with Crippen molar-refractivity contribution in [3.63, 3.8) is 0 Å². The zero-order valence-corrected chi connectivity index (χ0v) is 11.2. The Bertz CT molecular complexity index is 410. The van der Waals surface area contributed by atoms with Gasteiger partial charge in [0, 0.05) is 6.61 Å². The molecule has 18 heavy (non-hydrogen) atoms. The van der Waals surface area contributed by atoms with Gasteiger partial charge in [-0.1, -0.05) is 18.2 Å². The summed E-state index contributed by atoms with van der Waals surface area (Å²) in [4.78, 5) is 0. The molecule has 0 spiro atoms. The molecule has 1 fully saturated rings. The van der Waals surface area contributed by atoms with Crippen molar-refractivity contribution in [1.29, 1.82) is 0 Å². The quantitative estimate of drug-likeness (QED) is 0.884. The van der Waals surface area contributed by atoms with E-state index >= 15 is 0 Å². The molecule has 2 unspecified atom stereocenters. The Morgan fingerprint density at radius 1 is 1.17 bits per heavy atom. The molecule has 0 saturated carbocycles. The first-order valence-corrected chi connectivity index (χ1v) is 7.29. The van der Waals surface area contributed by atoms with Crippen LogP contribution in [0.5, 0.6) is 0 Å². The average molecular weight is 245 g/mol. The first-order valence-electron chi connectivity index (χ1n) is 7.29. The van der Waals surface area contributed by atoms with Crippen LogP contribution in [0.25, 0.3) is 0 Å². The van der Waals surface area contributed by atoms with Gasteiger partial charge in [-0.15, -0.1) is 0 Å². The van der Waals surface area contributed by atoms with Gasteiger partial charge in [-0.2, -0.15) is 0 Å². The maximum atomic E-state index is 5.94. The van der Waals surface area contributed by atoms with E-state index in [0.717, 1.165) is 6.61 Å². The molecule has 2 aliphatic rings. The van der Waals surface area contributed by atoms with Gasteiger partial charge >= 0.3 is 0 Å². The first kappa shape index (κ1) is 12.2. The average Bonchev–Trinajstić information content (AvgIpc) is 2.88. The summed E-state index contributed by atoms with van der Waals surface area (Å²) < 4.78 is 5.94. The van der Waals surface area contributed by atoms with Gasteiger partial charge in [0.05, 0.1) is 12.1 Å². The lowest BCUT2D eigenvalue weighted by molar-refractivity contribution is -0.00663. The summed E-state index contributed by atoms with van der Waals surface area (Å²) in [6.45, 7) is 0.924. The number of fused-ring (bicyclic) bond motifs is 1. The summed E-state index contributed by atoms with van der Waals surface area (Å²) >= 11 is 0. The van der Waals surface area contributed by atoms with E-state index < -0.39 is 0 Å². The highest BCUT2D eigenvalue weighted by molar-refractivity contribution is 5.37. The number of aryl methyl sites for hydroxylation is 2. The van der Waals surface area contributed by atoms with Crippen molar-refractivity contribution in [2.75, 3.05) is 13.7 Å². The Labute approximate surface area is 110 Å². The Morgan fingerprint density at radius 3 is 2.83 bits per heavy atom. The van der Waals surface area contributed by atoms with Crippen LogP contribution in [0.1, 0.15) is 48.4 Å². The second-order valence-corrected chi connectivity index (χ2v) is 5.55. The molecule has 1 N–H and O–H groups in total. The molecule has 3 rings (SSSR count). The standard InChI is InChI=1S/C16H23NO/c1-17-16(15-7-2-3-10-18-15)14-9-8-12-5-4-6-13(12)11-14/h8-9,11,15-17H,2-7,10H2,1H3. The van der Waals surface area contributed by atoms with Crippen LogP contribution in [0.2, 0.25) is 0 Å². The van der Waals surface area contributed by atoms with Crippen molar-refractivity contribution >= 4 is 0 Å². The molecule has 2 heteroatoms. The summed E-state index contributed by atoms with van der Waals surface area (Å²) in [5.74, 6) is 0.